The van der Waals surface area contributed by atoms with Crippen molar-refractivity contribution in [1.82, 2.24) is 45.7 Å². The molecule has 4 heterocycles. The molecule has 6 rings (SSSR count). The number of nitrogens with zero attached hydrogens (tertiary/aromatic N) is 4. The van der Waals surface area contributed by atoms with Crippen LogP contribution in [0.15, 0.2) is 42.7 Å². The van der Waals surface area contributed by atoms with Crippen molar-refractivity contribution >= 4 is 29.5 Å². The van der Waals surface area contributed by atoms with Crippen molar-refractivity contribution in [2.75, 3.05) is 26.7 Å². The average molecular weight is 770 g/mol. The molecule has 302 valence electrons. The minimum Gasteiger partial charge on any atom is -0.453 e. The second-order valence-electron chi connectivity index (χ2n) is 16.4. The van der Waals surface area contributed by atoms with E-state index in [2.05, 4.69) is 63.2 Å². The molecule has 0 spiro atoms. The Kier molecular flexibility index (Phi) is 12.5. The highest BCUT2D eigenvalue weighted by Crippen LogP contribution is 2.42. The van der Waals surface area contributed by atoms with Crippen molar-refractivity contribution in [3.8, 4) is 11.3 Å². The second-order valence-corrected chi connectivity index (χ2v) is 16.4. The number of carbonyl (C=O) groups is 4. The fourth-order valence-corrected chi connectivity index (χ4v) is 8.40. The van der Waals surface area contributed by atoms with Crippen molar-refractivity contribution in [2.24, 2.45) is 11.8 Å². The van der Waals surface area contributed by atoms with Gasteiger partial charge < -0.3 is 40.5 Å². The molecule has 14 nitrogen and oxygen atoms in total. The average Bonchev–Trinajstić information content (AvgIpc) is 4.02. The Hall–Kier alpha value is -5.14. The Balaban J connectivity index is 1.09. The van der Waals surface area contributed by atoms with Gasteiger partial charge in [0.15, 0.2) is 0 Å². The highest BCUT2D eigenvalue weighted by Gasteiger charge is 2.39. The summed E-state index contributed by atoms with van der Waals surface area (Å²) < 4.78 is 4.77. The molecule has 3 aromatic rings. The Morgan fingerprint density at radius 1 is 0.857 bits per heavy atom. The van der Waals surface area contributed by atoms with Gasteiger partial charge in [0, 0.05) is 19.6 Å². The van der Waals surface area contributed by atoms with Crippen LogP contribution < -0.4 is 16.0 Å². The monoisotopic (exact) mass is 769 g/mol. The summed E-state index contributed by atoms with van der Waals surface area (Å²) in [7, 11) is 1.30. The molecule has 5 amide bonds. The maximum atomic E-state index is 13.7. The van der Waals surface area contributed by atoms with E-state index in [0.29, 0.717) is 19.6 Å². The number of H-pyrrole nitrogens is 2. The number of rotatable bonds is 12. The number of alkyl carbamates (subject to hydrolysis) is 1. The number of imidazole rings is 2. The highest BCUT2D eigenvalue weighted by molar-refractivity contribution is 5.88. The van der Waals surface area contributed by atoms with Crippen molar-refractivity contribution in [3.05, 3.63) is 65.6 Å². The van der Waals surface area contributed by atoms with Crippen LogP contribution in [0.5, 0.6) is 0 Å². The van der Waals surface area contributed by atoms with Crippen molar-refractivity contribution in [1.29, 1.82) is 0 Å². The third kappa shape index (κ3) is 8.63. The van der Waals surface area contributed by atoms with E-state index >= 15 is 0 Å². The van der Waals surface area contributed by atoms with Gasteiger partial charge in [0.25, 0.3) is 0 Å². The molecule has 1 unspecified atom stereocenters. The molecule has 2 saturated heterocycles. The fourth-order valence-electron chi connectivity index (χ4n) is 8.40. The predicted molar refractivity (Wildman–Crippen MR) is 214 cm³/mol. The molecule has 2 aliphatic heterocycles. The number of nitrogens with one attached hydrogen (secondary N) is 5. The zero-order valence-electron chi connectivity index (χ0n) is 33.9. The lowest BCUT2D eigenvalue weighted by Crippen LogP contribution is -2.53. The second kappa shape index (κ2) is 17.3. The molecular weight excluding hydrogens is 711 g/mol. The molecule has 2 aromatic heterocycles. The molecule has 0 radical (unpaired) electrons. The van der Waals surface area contributed by atoms with Crippen molar-refractivity contribution < 1.29 is 23.9 Å². The van der Waals surface area contributed by atoms with Crippen LogP contribution in [0.1, 0.15) is 121 Å². The van der Waals surface area contributed by atoms with Gasteiger partial charge in [0.05, 0.1) is 43.0 Å². The summed E-state index contributed by atoms with van der Waals surface area (Å²) in [6.45, 7) is 13.6. The van der Waals surface area contributed by atoms with E-state index in [4.69, 9.17) is 14.7 Å². The van der Waals surface area contributed by atoms with E-state index in [0.717, 1.165) is 73.5 Å². The van der Waals surface area contributed by atoms with Crippen LogP contribution in [-0.2, 0) is 19.7 Å². The number of aromatic amines is 2. The highest BCUT2D eigenvalue weighted by atomic mass is 16.5. The molecule has 5 N–H and O–H groups in total. The first kappa shape index (κ1) is 40.5. The van der Waals surface area contributed by atoms with Gasteiger partial charge in [0.2, 0.25) is 11.8 Å². The number of urea groups is 1. The van der Waals surface area contributed by atoms with E-state index in [1.165, 1.54) is 18.2 Å². The molecule has 14 heteroatoms. The zero-order chi connectivity index (χ0) is 40.1. The van der Waals surface area contributed by atoms with Gasteiger partial charge in [-0.25, -0.2) is 19.6 Å². The van der Waals surface area contributed by atoms with Crippen LogP contribution in [-0.4, -0.2) is 92.5 Å². The normalized spacial score (nSPS) is 22.2. The van der Waals surface area contributed by atoms with Gasteiger partial charge in [-0.15, -0.1) is 0 Å². The van der Waals surface area contributed by atoms with Gasteiger partial charge in [-0.05, 0) is 85.8 Å². The van der Waals surface area contributed by atoms with E-state index < -0.39 is 18.2 Å². The van der Waals surface area contributed by atoms with Gasteiger partial charge in [-0.2, -0.15) is 0 Å². The summed E-state index contributed by atoms with van der Waals surface area (Å²) in [6, 6.07) is 6.73. The molecule has 5 atom stereocenters. The van der Waals surface area contributed by atoms with Crippen LogP contribution in [0.2, 0.25) is 0 Å². The van der Waals surface area contributed by atoms with E-state index in [1.807, 2.05) is 56.8 Å². The Morgan fingerprint density at radius 2 is 1.41 bits per heavy atom. The Labute approximate surface area is 330 Å². The predicted octanol–water partition coefficient (Wildman–Crippen LogP) is 6.38. The molecular formula is C42H59N9O5. The van der Waals surface area contributed by atoms with Crippen molar-refractivity contribution in [2.45, 2.75) is 116 Å². The summed E-state index contributed by atoms with van der Waals surface area (Å²) in [5.74, 6) is 1.19. The summed E-state index contributed by atoms with van der Waals surface area (Å²) in [6.07, 6.45) is 11.5. The number of likely N-dealkylation sites (tertiary alicyclic amines) is 2. The number of benzene rings is 1. The van der Waals surface area contributed by atoms with Crippen LogP contribution >= 0.6 is 0 Å². The maximum absolute atomic E-state index is 13.7. The molecule has 3 aliphatic rings. The summed E-state index contributed by atoms with van der Waals surface area (Å²) in [4.78, 5) is 71.7. The standard InChI is InChI=1S/C42H59N9O5/c1-8-43-40(54)48-34(25(2)3)38(52)50-21-9-11-32(50)36-44-23-30(46-36)27-13-15-29(16-14-27)42(6)19-17-28(18-20-42)31-24-45-37(47-31)33-12-10-22-51(33)39(53)35(26(4)5)49-41(55)56-7/h13-17,23-26,32-35H,8-12,18-22H2,1-7H3,(H,44,46)(H,45,47)(H,49,55)(H2,43,48,54)/t32-,33-,34-,35-,42?/m0/s1. The minimum atomic E-state index is -0.671. The van der Waals surface area contributed by atoms with Gasteiger partial charge in [-0.3, -0.25) is 9.59 Å². The maximum Gasteiger partial charge on any atom is 0.407 e. The third-order valence-corrected chi connectivity index (χ3v) is 11.8. The lowest BCUT2D eigenvalue weighted by molar-refractivity contribution is -0.136. The lowest BCUT2D eigenvalue weighted by atomic mass is 9.71. The number of hydrogen-bond acceptors (Lipinski definition) is 7. The number of amides is 5. The van der Waals surface area contributed by atoms with E-state index in [-0.39, 0.29) is 47.2 Å². The lowest BCUT2D eigenvalue weighted by Gasteiger charge is -2.33. The quantitative estimate of drug-likeness (QED) is 0.142. The number of allylic oxidation sites excluding steroid dienone is 2. The SMILES string of the molecule is CCNC(=O)N[C@H](C(=O)N1CCC[C@H]1c1ncc(-c2ccc(C3(C)CC=C(c4cnc([C@@H]5CCCN5C(=O)[C@@H](NC(=O)OC)C(C)C)[nH]4)CC3)cc2)[nH]1)C(C)C. The first-order valence-corrected chi connectivity index (χ1v) is 20.2. The number of methoxy groups -OCH3 is 1. The van der Waals surface area contributed by atoms with Crippen molar-refractivity contribution in [3.63, 3.8) is 0 Å². The molecule has 1 aromatic carbocycles. The zero-order valence-corrected chi connectivity index (χ0v) is 33.9. The number of hydrogen-bond donors (Lipinski definition) is 5. The molecule has 2 fully saturated rings. The number of carbonyl (C=O) groups excluding carboxylic acids is 4. The van der Waals surface area contributed by atoms with Gasteiger partial charge in [0.1, 0.15) is 23.7 Å². The van der Waals surface area contributed by atoms with Crippen LogP contribution in [0, 0.1) is 11.8 Å². The van der Waals surface area contributed by atoms with Crippen LogP contribution in [0.4, 0.5) is 9.59 Å². The Bertz CT molecular complexity index is 1900. The van der Waals surface area contributed by atoms with Gasteiger partial charge in [-0.1, -0.05) is 65.0 Å². The fraction of sp³-hybridized carbons (Fsp3) is 0.571. The molecule has 0 bridgehead atoms. The van der Waals surface area contributed by atoms with Gasteiger partial charge >= 0.3 is 12.1 Å². The number of aromatic nitrogens is 4. The van der Waals surface area contributed by atoms with Crippen LogP contribution in [0.3, 0.4) is 0 Å². The summed E-state index contributed by atoms with van der Waals surface area (Å²) >= 11 is 0. The molecule has 0 saturated carbocycles. The third-order valence-electron chi connectivity index (χ3n) is 11.8. The molecule has 56 heavy (non-hydrogen) atoms. The topological polar surface area (TPSA) is 177 Å². The smallest absolute Gasteiger partial charge is 0.407 e. The first-order chi connectivity index (χ1) is 26.8. The largest absolute Gasteiger partial charge is 0.453 e. The van der Waals surface area contributed by atoms with E-state index in [9.17, 15) is 19.2 Å². The minimum absolute atomic E-state index is 0.0308. The first-order valence-electron chi connectivity index (χ1n) is 20.2. The number of ether oxygens (including phenoxy) is 1. The summed E-state index contributed by atoms with van der Waals surface area (Å²) in [5.41, 5.74) is 5.39. The van der Waals surface area contributed by atoms with E-state index in [1.54, 1.807) is 0 Å². The van der Waals surface area contributed by atoms with Crippen LogP contribution in [0.25, 0.3) is 16.8 Å². The molecule has 1 aliphatic carbocycles. The Morgan fingerprint density at radius 3 is 1.93 bits per heavy atom. The summed E-state index contributed by atoms with van der Waals surface area (Å²) in [5, 5.41) is 8.31.